The fourth-order valence-electron chi connectivity index (χ4n) is 2.34. The van der Waals surface area contributed by atoms with Crippen LogP contribution in [0.1, 0.15) is 36.4 Å². The number of hydrogen-bond acceptors (Lipinski definition) is 3. The summed E-state index contributed by atoms with van der Waals surface area (Å²) in [6.07, 6.45) is 3.07. The van der Waals surface area contributed by atoms with E-state index in [1.807, 2.05) is 11.3 Å². The van der Waals surface area contributed by atoms with E-state index < -0.39 is 0 Å². The molecular weight excluding hydrogens is 308 g/mol. The number of hydrogen-bond donors (Lipinski definition) is 3. The molecule has 1 atom stereocenters. The Bertz CT molecular complexity index is 536. The zero-order valence-corrected chi connectivity index (χ0v) is 15.1. The van der Waals surface area contributed by atoms with Crippen molar-refractivity contribution in [1.29, 1.82) is 0 Å². The number of aliphatic imine (C=N–C) groups is 1. The highest BCUT2D eigenvalue weighted by molar-refractivity contribution is 7.11. The van der Waals surface area contributed by atoms with Crippen LogP contribution >= 0.6 is 11.3 Å². The van der Waals surface area contributed by atoms with Gasteiger partial charge in [-0.3, -0.25) is 9.79 Å². The molecule has 23 heavy (non-hydrogen) atoms. The third-order valence-corrected chi connectivity index (χ3v) is 4.68. The number of guanidine groups is 1. The van der Waals surface area contributed by atoms with E-state index >= 15 is 0 Å². The lowest BCUT2D eigenvalue weighted by Gasteiger charge is -2.17. The average Bonchev–Trinajstić information content (AvgIpc) is 3.27. The van der Waals surface area contributed by atoms with Gasteiger partial charge in [-0.05, 0) is 45.7 Å². The van der Waals surface area contributed by atoms with E-state index in [-0.39, 0.29) is 11.8 Å². The smallest absolute Gasteiger partial charge is 0.223 e. The van der Waals surface area contributed by atoms with Gasteiger partial charge < -0.3 is 16.0 Å². The van der Waals surface area contributed by atoms with E-state index in [4.69, 9.17) is 0 Å². The van der Waals surface area contributed by atoms with Crippen molar-refractivity contribution >= 4 is 23.2 Å². The molecule has 1 aliphatic carbocycles. The van der Waals surface area contributed by atoms with Gasteiger partial charge >= 0.3 is 0 Å². The van der Waals surface area contributed by atoms with Crippen LogP contribution in [0.2, 0.25) is 0 Å². The molecule has 1 heterocycles. The summed E-state index contributed by atoms with van der Waals surface area (Å²) in [5.41, 5.74) is 0. The van der Waals surface area contributed by atoms with Crippen molar-refractivity contribution in [2.24, 2.45) is 10.9 Å². The van der Waals surface area contributed by atoms with Crippen LogP contribution in [-0.2, 0) is 11.2 Å². The Morgan fingerprint density at radius 3 is 2.78 bits per heavy atom. The average molecular weight is 337 g/mol. The fourth-order valence-corrected chi connectivity index (χ4v) is 3.36. The van der Waals surface area contributed by atoms with Crippen LogP contribution in [0, 0.1) is 12.8 Å². The third-order valence-electron chi connectivity index (χ3n) is 3.66. The van der Waals surface area contributed by atoms with E-state index in [1.165, 1.54) is 9.75 Å². The molecule has 1 unspecified atom stereocenters. The van der Waals surface area contributed by atoms with Gasteiger partial charge in [0.2, 0.25) is 5.91 Å². The van der Waals surface area contributed by atoms with Gasteiger partial charge in [0.1, 0.15) is 0 Å². The summed E-state index contributed by atoms with van der Waals surface area (Å²) in [6.45, 7) is 8.37. The lowest BCUT2D eigenvalue weighted by atomic mass is 10.2. The third kappa shape index (κ3) is 6.60. The van der Waals surface area contributed by atoms with E-state index in [0.29, 0.717) is 19.1 Å². The summed E-state index contributed by atoms with van der Waals surface area (Å²) in [4.78, 5) is 18.8. The predicted molar refractivity (Wildman–Crippen MR) is 97.1 cm³/mol. The Morgan fingerprint density at radius 1 is 1.39 bits per heavy atom. The summed E-state index contributed by atoms with van der Waals surface area (Å²) >= 11 is 1.84. The first-order valence-electron chi connectivity index (χ1n) is 8.46. The van der Waals surface area contributed by atoms with Gasteiger partial charge in [-0.15, -0.1) is 11.3 Å². The van der Waals surface area contributed by atoms with Crippen molar-refractivity contribution in [2.45, 2.75) is 46.1 Å². The minimum Gasteiger partial charge on any atom is -0.357 e. The second-order valence-corrected chi connectivity index (χ2v) is 7.46. The van der Waals surface area contributed by atoms with Crippen LogP contribution < -0.4 is 16.0 Å². The number of rotatable bonds is 8. The SMILES string of the molecule is CCNC(=NCCNC(=O)C1CC1)NC(C)Cc1ccc(C)s1. The Morgan fingerprint density at radius 2 is 2.17 bits per heavy atom. The summed E-state index contributed by atoms with van der Waals surface area (Å²) < 4.78 is 0. The van der Waals surface area contributed by atoms with Crippen molar-refractivity contribution in [3.8, 4) is 0 Å². The van der Waals surface area contributed by atoms with Gasteiger partial charge in [0.05, 0.1) is 6.54 Å². The van der Waals surface area contributed by atoms with Crippen LogP contribution in [-0.4, -0.2) is 37.5 Å². The first kappa shape index (κ1) is 17.8. The molecule has 1 aliphatic rings. The Labute approximate surface area is 143 Å². The number of aryl methyl sites for hydroxylation is 1. The van der Waals surface area contributed by atoms with Crippen LogP contribution in [0.5, 0.6) is 0 Å². The van der Waals surface area contributed by atoms with E-state index in [0.717, 1.165) is 31.8 Å². The number of thiophene rings is 1. The molecule has 6 heteroatoms. The summed E-state index contributed by atoms with van der Waals surface area (Å²) in [5, 5.41) is 9.63. The zero-order valence-electron chi connectivity index (χ0n) is 14.3. The zero-order chi connectivity index (χ0) is 16.7. The number of carbonyl (C=O) groups is 1. The van der Waals surface area contributed by atoms with Gasteiger partial charge in [0, 0.05) is 41.2 Å². The minimum atomic E-state index is 0.180. The van der Waals surface area contributed by atoms with Crippen LogP contribution in [0.25, 0.3) is 0 Å². The van der Waals surface area contributed by atoms with Crippen LogP contribution in [0.15, 0.2) is 17.1 Å². The molecule has 0 aromatic carbocycles. The maximum atomic E-state index is 11.6. The standard InChI is InChI=1S/C17H28N4OS/c1-4-18-17(20-10-9-19-16(22)14-6-7-14)21-12(2)11-15-8-5-13(3)23-15/h5,8,12,14H,4,6-7,9-11H2,1-3H3,(H,19,22)(H2,18,20,21). The van der Waals surface area contributed by atoms with Gasteiger partial charge in [0.15, 0.2) is 5.96 Å². The molecule has 128 valence electrons. The van der Waals surface area contributed by atoms with Crippen molar-refractivity contribution in [1.82, 2.24) is 16.0 Å². The minimum absolute atomic E-state index is 0.180. The second-order valence-electron chi connectivity index (χ2n) is 6.09. The van der Waals surface area contributed by atoms with Crippen molar-refractivity contribution < 1.29 is 4.79 Å². The molecule has 1 fully saturated rings. The molecule has 0 spiro atoms. The lowest BCUT2D eigenvalue weighted by Crippen LogP contribution is -2.43. The number of carbonyl (C=O) groups excluding carboxylic acids is 1. The molecule has 1 saturated carbocycles. The van der Waals surface area contributed by atoms with Crippen molar-refractivity contribution in [3.63, 3.8) is 0 Å². The quantitative estimate of drug-likeness (QED) is 0.387. The molecule has 2 rings (SSSR count). The topological polar surface area (TPSA) is 65.5 Å². The Kier molecular flexibility index (Phi) is 6.89. The van der Waals surface area contributed by atoms with Crippen LogP contribution in [0.3, 0.4) is 0 Å². The Balaban J connectivity index is 1.74. The molecule has 0 saturated heterocycles. The summed E-state index contributed by atoms with van der Waals surface area (Å²) in [6, 6.07) is 4.66. The number of nitrogens with zero attached hydrogens (tertiary/aromatic N) is 1. The van der Waals surface area contributed by atoms with E-state index in [1.54, 1.807) is 0 Å². The van der Waals surface area contributed by atoms with Crippen molar-refractivity contribution in [2.75, 3.05) is 19.6 Å². The largest absolute Gasteiger partial charge is 0.357 e. The predicted octanol–water partition coefficient (Wildman–Crippen LogP) is 2.07. The first-order valence-corrected chi connectivity index (χ1v) is 9.28. The molecule has 1 aromatic heterocycles. The van der Waals surface area contributed by atoms with Crippen molar-refractivity contribution in [3.05, 3.63) is 21.9 Å². The van der Waals surface area contributed by atoms with Gasteiger partial charge in [-0.1, -0.05) is 0 Å². The molecule has 5 nitrogen and oxygen atoms in total. The van der Waals surface area contributed by atoms with Crippen LogP contribution in [0.4, 0.5) is 0 Å². The Hall–Kier alpha value is -1.56. The second kappa shape index (κ2) is 8.91. The van der Waals surface area contributed by atoms with Gasteiger partial charge in [0.25, 0.3) is 0 Å². The molecular formula is C17H28N4OS. The molecule has 0 aliphatic heterocycles. The highest BCUT2D eigenvalue weighted by atomic mass is 32.1. The van der Waals surface area contributed by atoms with Gasteiger partial charge in [-0.2, -0.15) is 0 Å². The first-order chi connectivity index (χ1) is 11.1. The lowest BCUT2D eigenvalue weighted by molar-refractivity contribution is -0.122. The highest BCUT2D eigenvalue weighted by Crippen LogP contribution is 2.28. The molecule has 3 N–H and O–H groups in total. The fraction of sp³-hybridized carbons (Fsp3) is 0.647. The molecule has 1 amide bonds. The summed E-state index contributed by atoms with van der Waals surface area (Å²) in [7, 11) is 0. The van der Waals surface area contributed by atoms with E-state index in [2.05, 4.69) is 53.8 Å². The van der Waals surface area contributed by atoms with Gasteiger partial charge in [-0.25, -0.2) is 0 Å². The highest BCUT2D eigenvalue weighted by Gasteiger charge is 2.28. The molecule has 0 radical (unpaired) electrons. The van der Waals surface area contributed by atoms with E-state index in [9.17, 15) is 4.79 Å². The number of amides is 1. The maximum absolute atomic E-state index is 11.6. The molecule has 1 aromatic rings. The normalized spacial score (nSPS) is 16.0. The molecule has 0 bridgehead atoms. The monoisotopic (exact) mass is 336 g/mol. The maximum Gasteiger partial charge on any atom is 0.223 e. The number of nitrogens with one attached hydrogen (secondary N) is 3. The summed E-state index contributed by atoms with van der Waals surface area (Å²) in [5.74, 6) is 1.26.